The number of hydrogen-bond donors (Lipinski definition) is 1. The summed E-state index contributed by atoms with van der Waals surface area (Å²) in [5.74, 6) is 0.220. The molecule has 1 amide bonds. The molecule has 1 atom stereocenters. The molecule has 1 unspecified atom stereocenters. The topological polar surface area (TPSA) is 50.8 Å². The molecule has 2 rings (SSSR count). The second kappa shape index (κ2) is 7.54. The van der Waals surface area contributed by atoms with Gasteiger partial charge in [0, 0.05) is 39.4 Å². The van der Waals surface area contributed by atoms with Crippen molar-refractivity contribution in [3.8, 4) is 0 Å². The average Bonchev–Trinajstić information content (AvgIpc) is 2.93. The number of ether oxygens (including phenoxy) is 2. The Balaban J connectivity index is 1.89. The molecule has 5 heteroatoms. The molecule has 1 aliphatic heterocycles. The lowest BCUT2D eigenvalue weighted by atomic mass is 10.2. The van der Waals surface area contributed by atoms with Gasteiger partial charge in [-0.1, -0.05) is 12.1 Å². The van der Waals surface area contributed by atoms with Crippen LogP contribution in [0.25, 0.3) is 0 Å². The number of carbonyl (C=O) groups is 1. The van der Waals surface area contributed by atoms with Gasteiger partial charge in [0.25, 0.3) is 0 Å². The van der Waals surface area contributed by atoms with Crippen molar-refractivity contribution in [1.82, 2.24) is 5.32 Å². The van der Waals surface area contributed by atoms with Gasteiger partial charge in [0.2, 0.25) is 5.91 Å². The van der Waals surface area contributed by atoms with Crippen molar-refractivity contribution in [2.45, 2.75) is 38.6 Å². The molecule has 0 bridgehead atoms. The molecule has 0 radical (unpaired) electrons. The molecule has 0 aromatic heterocycles. The lowest BCUT2D eigenvalue weighted by molar-refractivity contribution is -0.119. The third-order valence-corrected chi connectivity index (χ3v) is 3.82. The average molecular weight is 292 g/mol. The van der Waals surface area contributed by atoms with Crippen LogP contribution in [0.1, 0.15) is 25.3 Å². The highest BCUT2D eigenvalue weighted by Gasteiger charge is 2.21. The number of hydrogen-bond acceptors (Lipinski definition) is 4. The van der Waals surface area contributed by atoms with E-state index in [0.717, 1.165) is 25.2 Å². The van der Waals surface area contributed by atoms with Gasteiger partial charge in [-0.2, -0.15) is 0 Å². The molecule has 0 spiro atoms. The van der Waals surface area contributed by atoms with Crippen LogP contribution in [0.15, 0.2) is 24.3 Å². The first-order valence-electron chi connectivity index (χ1n) is 7.34. The van der Waals surface area contributed by atoms with E-state index in [2.05, 4.69) is 17.4 Å². The molecule has 1 aliphatic rings. The van der Waals surface area contributed by atoms with Gasteiger partial charge in [-0.3, -0.25) is 4.79 Å². The number of amides is 1. The number of nitrogens with one attached hydrogen (secondary N) is 1. The van der Waals surface area contributed by atoms with Gasteiger partial charge < -0.3 is 19.7 Å². The van der Waals surface area contributed by atoms with E-state index >= 15 is 0 Å². The van der Waals surface area contributed by atoms with Crippen LogP contribution in [0, 0.1) is 0 Å². The summed E-state index contributed by atoms with van der Waals surface area (Å²) in [7, 11) is 3.27. The van der Waals surface area contributed by atoms with E-state index in [4.69, 9.17) is 9.47 Å². The molecule has 1 saturated heterocycles. The first-order valence-corrected chi connectivity index (χ1v) is 7.34. The Morgan fingerprint density at radius 2 is 1.90 bits per heavy atom. The van der Waals surface area contributed by atoms with Crippen LogP contribution in [0.3, 0.4) is 0 Å². The summed E-state index contributed by atoms with van der Waals surface area (Å²) in [5, 5.41) is 3.37. The minimum Gasteiger partial charge on any atom is -0.354 e. The predicted molar refractivity (Wildman–Crippen MR) is 82.1 cm³/mol. The highest BCUT2D eigenvalue weighted by atomic mass is 16.7. The molecule has 21 heavy (non-hydrogen) atoms. The van der Waals surface area contributed by atoms with Gasteiger partial charge in [0.1, 0.15) is 0 Å². The van der Waals surface area contributed by atoms with Crippen molar-refractivity contribution in [3.63, 3.8) is 0 Å². The van der Waals surface area contributed by atoms with Crippen molar-refractivity contribution in [3.05, 3.63) is 29.8 Å². The molecule has 0 saturated carbocycles. The fraction of sp³-hybridized carbons (Fsp3) is 0.562. The fourth-order valence-corrected chi connectivity index (χ4v) is 2.59. The first kappa shape index (κ1) is 15.9. The van der Waals surface area contributed by atoms with Crippen LogP contribution in [0.5, 0.6) is 0 Å². The summed E-state index contributed by atoms with van der Waals surface area (Å²) in [5.41, 5.74) is 2.16. The Kier molecular flexibility index (Phi) is 5.73. The van der Waals surface area contributed by atoms with Crippen molar-refractivity contribution < 1.29 is 14.3 Å². The van der Waals surface area contributed by atoms with Crippen molar-refractivity contribution in [2.75, 3.05) is 25.7 Å². The van der Waals surface area contributed by atoms with E-state index in [-0.39, 0.29) is 18.2 Å². The molecule has 1 N–H and O–H groups in total. The third-order valence-electron chi connectivity index (χ3n) is 3.82. The predicted octanol–water partition coefficient (Wildman–Crippen LogP) is 1.91. The van der Waals surface area contributed by atoms with Gasteiger partial charge >= 0.3 is 0 Å². The minimum absolute atomic E-state index is 0.0971. The molecule has 5 nitrogen and oxygen atoms in total. The molecule has 0 aliphatic carbocycles. The maximum Gasteiger partial charge on any atom is 0.227 e. The van der Waals surface area contributed by atoms with E-state index in [9.17, 15) is 4.79 Å². The van der Waals surface area contributed by atoms with E-state index in [0.29, 0.717) is 6.42 Å². The number of carbonyl (C=O) groups excluding carboxylic acids is 1. The zero-order chi connectivity index (χ0) is 15.2. The van der Waals surface area contributed by atoms with Crippen LogP contribution in [-0.2, 0) is 20.8 Å². The van der Waals surface area contributed by atoms with E-state index in [1.54, 1.807) is 14.2 Å². The number of methoxy groups -OCH3 is 2. The van der Waals surface area contributed by atoms with Crippen molar-refractivity contribution >= 4 is 11.6 Å². The van der Waals surface area contributed by atoms with Gasteiger partial charge in [-0.15, -0.1) is 0 Å². The quantitative estimate of drug-likeness (QED) is 0.780. The molecule has 116 valence electrons. The van der Waals surface area contributed by atoms with Crippen LogP contribution < -0.4 is 10.2 Å². The second-order valence-corrected chi connectivity index (χ2v) is 5.32. The van der Waals surface area contributed by atoms with Crippen LogP contribution in [-0.4, -0.2) is 39.0 Å². The Morgan fingerprint density at radius 3 is 2.43 bits per heavy atom. The summed E-state index contributed by atoms with van der Waals surface area (Å²) in [6.45, 7) is 3.59. The normalized spacial score (nSPS) is 16.8. The summed E-state index contributed by atoms with van der Waals surface area (Å²) in [4.78, 5) is 13.6. The molecular weight excluding hydrogens is 268 g/mol. The smallest absolute Gasteiger partial charge is 0.227 e. The molecule has 1 fully saturated rings. The van der Waals surface area contributed by atoms with Gasteiger partial charge in [-0.25, -0.2) is 0 Å². The summed E-state index contributed by atoms with van der Waals surface area (Å²) < 4.78 is 10.4. The Bertz CT molecular complexity index is 457. The van der Waals surface area contributed by atoms with E-state index in [1.807, 2.05) is 24.0 Å². The molecular formula is C16H24N2O3. The SMILES string of the molecule is COC(OC)C(C)NCc1ccc(N2CCCC2=O)cc1. The molecule has 1 aromatic carbocycles. The summed E-state index contributed by atoms with van der Waals surface area (Å²) >= 11 is 0. The fourth-order valence-electron chi connectivity index (χ4n) is 2.59. The van der Waals surface area contributed by atoms with Gasteiger partial charge in [0.15, 0.2) is 6.29 Å². The van der Waals surface area contributed by atoms with E-state index in [1.165, 1.54) is 5.56 Å². The zero-order valence-electron chi connectivity index (χ0n) is 13.0. The number of benzene rings is 1. The molecule has 1 heterocycles. The highest BCUT2D eigenvalue weighted by molar-refractivity contribution is 5.95. The Hall–Kier alpha value is -1.43. The van der Waals surface area contributed by atoms with Crippen molar-refractivity contribution in [2.24, 2.45) is 0 Å². The van der Waals surface area contributed by atoms with Crippen LogP contribution >= 0.6 is 0 Å². The number of nitrogens with zero attached hydrogens (tertiary/aromatic N) is 1. The van der Waals surface area contributed by atoms with Gasteiger partial charge in [0.05, 0.1) is 6.04 Å². The molecule has 1 aromatic rings. The van der Waals surface area contributed by atoms with Crippen LogP contribution in [0.2, 0.25) is 0 Å². The zero-order valence-corrected chi connectivity index (χ0v) is 13.0. The summed E-state index contributed by atoms with van der Waals surface area (Å²) in [6.07, 6.45) is 1.36. The monoisotopic (exact) mass is 292 g/mol. The van der Waals surface area contributed by atoms with E-state index < -0.39 is 0 Å². The minimum atomic E-state index is -0.258. The Labute approximate surface area is 126 Å². The maximum atomic E-state index is 11.7. The largest absolute Gasteiger partial charge is 0.354 e. The second-order valence-electron chi connectivity index (χ2n) is 5.32. The van der Waals surface area contributed by atoms with Crippen LogP contribution in [0.4, 0.5) is 5.69 Å². The number of rotatable bonds is 7. The standard InChI is InChI=1S/C16H24N2O3/c1-12(16(20-2)21-3)17-11-13-6-8-14(9-7-13)18-10-4-5-15(18)19/h6-9,12,16-17H,4-5,10-11H2,1-3H3. The third kappa shape index (κ3) is 4.03. The lowest BCUT2D eigenvalue weighted by Gasteiger charge is -2.22. The lowest BCUT2D eigenvalue weighted by Crippen LogP contribution is -2.39. The van der Waals surface area contributed by atoms with Gasteiger partial charge in [-0.05, 0) is 31.0 Å². The Morgan fingerprint density at radius 1 is 1.24 bits per heavy atom. The first-order chi connectivity index (χ1) is 10.2. The summed E-state index contributed by atoms with van der Waals surface area (Å²) in [6, 6.07) is 8.22. The maximum absolute atomic E-state index is 11.7. The van der Waals surface area contributed by atoms with Crippen molar-refractivity contribution in [1.29, 1.82) is 0 Å². The highest BCUT2D eigenvalue weighted by Crippen LogP contribution is 2.21. The number of anilines is 1.